The summed E-state index contributed by atoms with van der Waals surface area (Å²) in [6.45, 7) is 0.181. The molecule has 0 heterocycles. The van der Waals surface area contributed by atoms with Gasteiger partial charge in [0.15, 0.2) is 0 Å². The second-order valence-corrected chi connectivity index (χ2v) is 6.97. The minimum atomic E-state index is -5.18. The van der Waals surface area contributed by atoms with Crippen molar-refractivity contribution < 1.29 is 45.4 Å². The zero-order valence-corrected chi connectivity index (χ0v) is 17.9. The molecule has 5 nitrogen and oxygen atoms in total. The molecule has 1 amide bonds. The molecule has 0 atom stereocenters. The molecule has 0 saturated carbocycles. The summed E-state index contributed by atoms with van der Waals surface area (Å²) in [7, 11) is 2.51. The molecular weight excluding hydrogens is 456 g/mol. The highest BCUT2D eigenvalue weighted by molar-refractivity contribution is 5.82. The van der Waals surface area contributed by atoms with Crippen molar-refractivity contribution in [2.45, 2.75) is 32.2 Å². The Hall–Kier alpha value is -3.24. The molecule has 180 valence electrons. The lowest BCUT2D eigenvalue weighted by molar-refractivity contribution is -0.185. The van der Waals surface area contributed by atoms with Crippen LogP contribution in [0.3, 0.4) is 0 Å². The third-order valence-electron chi connectivity index (χ3n) is 4.84. The van der Waals surface area contributed by atoms with Crippen molar-refractivity contribution >= 4 is 11.9 Å². The summed E-state index contributed by atoms with van der Waals surface area (Å²) in [5.74, 6) is -2.51. The highest BCUT2D eigenvalue weighted by Crippen LogP contribution is 2.38. The van der Waals surface area contributed by atoms with Crippen LogP contribution >= 0.6 is 0 Å². The van der Waals surface area contributed by atoms with E-state index in [-0.39, 0.29) is 35.4 Å². The van der Waals surface area contributed by atoms with E-state index in [0.717, 1.165) is 12.1 Å². The van der Waals surface area contributed by atoms with Crippen LogP contribution in [0.4, 0.5) is 26.3 Å². The lowest BCUT2D eigenvalue weighted by Crippen LogP contribution is -2.40. The predicted octanol–water partition coefficient (Wildman–Crippen LogP) is 5.01. The average molecular weight is 477 g/mol. The van der Waals surface area contributed by atoms with Crippen molar-refractivity contribution in [1.82, 2.24) is 4.90 Å². The van der Waals surface area contributed by atoms with E-state index in [9.17, 15) is 35.9 Å². The molecule has 11 heteroatoms. The summed E-state index contributed by atoms with van der Waals surface area (Å²) in [5, 5.41) is 0. The number of alkyl halides is 6. The number of benzene rings is 2. The number of hydrogen-bond acceptors (Lipinski definition) is 4. The zero-order valence-electron chi connectivity index (χ0n) is 17.9. The third kappa shape index (κ3) is 6.39. The van der Waals surface area contributed by atoms with Crippen LogP contribution in [0, 0.1) is 0 Å². The molecule has 33 heavy (non-hydrogen) atoms. The van der Waals surface area contributed by atoms with Crippen LogP contribution in [0.25, 0.3) is 11.1 Å². The molecule has 0 aliphatic carbocycles. The SMILES string of the molecule is CCN(Cc1cc(C(F)(F)F)ccc1-c1cc(CC(=O)OC)ccc1OC)C(=O)C(F)(F)F. The summed E-state index contributed by atoms with van der Waals surface area (Å²) in [5.41, 5.74) is -0.431. The van der Waals surface area contributed by atoms with Crippen molar-refractivity contribution in [3.8, 4) is 16.9 Å². The van der Waals surface area contributed by atoms with E-state index in [1.165, 1.54) is 33.3 Å². The fourth-order valence-electron chi connectivity index (χ4n) is 3.19. The van der Waals surface area contributed by atoms with Gasteiger partial charge < -0.3 is 14.4 Å². The number of methoxy groups -OCH3 is 2. The molecule has 0 N–H and O–H groups in total. The summed E-state index contributed by atoms with van der Waals surface area (Å²) in [6, 6.07) is 7.09. The zero-order chi connectivity index (χ0) is 25.0. The normalized spacial score (nSPS) is 11.8. The standard InChI is InChI=1S/C22H21F6NO4/c1-4-29(20(31)22(26,27)28)12-14-11-15(21(23,24)25)6-7-16(14)17-9-13(10-19(30)33-3)5-8-18(17)32-2/h5-9,11H,4,10,12H2,1-3H3. The summed E-state index contributed by atoms with van der Waals surface area (Å²) in [4.78, 5) is 23.8. The Kier molecular flexibility index (Phi) is 7.99. The van der Waals surface area contributed by atoms with Crippen LogP contribution in [0.5, 0.6) is 5.75 Å². The molecule has 0 aliphatic heterocycles. The minimum absolute atomic E-state index is 0.125. The van der Waals surface area contributed by atoms with Gasteiger partial charge in [-0.15, -0.1) is 0 Å². The van der Waals surface area contributed by atoms with E-state index in [2.05, 4.69) is 4.74 Å². The molecule has 0 radical (unpaired) electrons. The van der Waals surface area contributed by atoms with Gasteiger partial charge in [-0.05, 0) is 47.9 Å². The number of rotatable bonds is 7. The third-order valence-corrected chi connectivity index (χ3v) is 4.84. The minimum Gasteiger partial charge on any atom is -0.496 e. The Bertz CT molecular complexity index is 1020. The van der Waals surface area contributed by atoms with Gasteiger partial charge in [-0.1, -0.05) is 12.1 Å². The molecule has 0 spiro atoms. The quantitative estimate of drug-likeness (QED) is 0.416. The number of nitrogens with zero attached hydrogens (tertiary/aromatic N) is 1. The smallest absolute Gasteiger partial charge is 0.471 e. The molecule has 0 saturated heterocycles. The highest BCUT2D eigenvalue weighted by Gasteiger charge is 2.42. The fourth-order valence-corrected chi connectivity index (χ4v) is 3.19. The van der Waals surface area contributed by atoms with Crippen LogP contribution in [-0.4, -0.2) is 43.7 Å². The van der Waals surface area contributed by atoms with Crippen molar-refractivity contribution in [3.05, 3.63) is 53.1 Å². The Morgan fingerprint density at radius 2 is 1.61 bits per heavy atom. The van der Waals surface area contributed by atoms with Gasteiger partial charge >= 0.3 is 24.2 Å². The number of carbonyl (C=O) groups excluding carboxylic acids is 2. The second kappa shape index (κ2) is 10.1. The van der Waals surface area contributed by atoms with Gasteiger partial charge in [0.25, 0.3) is 0 Å². The van der Waals surface area contributed by atoms with Crippen LogP contribution in [-0.2, 0) is 33.5 Å². The van der Waals surface area contributed by atoms with Gasteiger partial charge in [-0.3, -0.25) is 9.59 Å². The summed E-state index contributed by atoms with van der Waals surface area (Å²) >= 11 is 0. The number of hydrogen-bond donors (Lipinski definition) is 0. The lowest BCUT2D eigenvalue weighted by Gasteiger charge is -2.24. The molecule has 0 fully saturated rings. The molecule has 0 bridgehead atoms. The van der Waals surface area contributed by atoms with Crippen LogP contribution in [0.2, 0.25) is 0 Å². The van der Waals surface area contributed by atoms with Gasteiger partial charge in [0, 0.05) is 18.7 Å². The van der Waals surface area contributed by atoms with E-state index in [0.29, 0.717) is 16.5 Å². The largest absolute Gasteiger partial charge is 0.496 e. The van der Waals surface area contributed by atoms with Gasteiger partial charge in [0.2, 0.25) is 0 Å². The van der Waals surface area contributed by atoms with E-state index in [1.807, 2.05) is 0 Å². The molecule has 0 aromatic heterocycles. The molecule has 2 aromatic carbocycles. The maximum Gasteiger partial charge on any atom is 0.471 e. The molecular formula is C22H21F6NO4. The molecule has 2 rings (SSSR count). The maximum absolute atomic E-state index is 13.3. The molecule has 0 aliphatic rings. The predicted molar refractivity (Wildman–Crippen MR) is 106 cm³/mol. The average Bonchev–Trinajstić information content (AvgIpc) is 2.75. The first-order chi connectivity index (χ1) is 15.3. The van der Waals surface area contributed by atoms with Crippen LogP contribution in [0.1, 0.15) is 23.6 Å². The molecule has 0 unspecified atom stereocenters. The summed E-state index contributed by atoms with van der Waals surface area (Å²) < 4.78 is 88.8. The Morgan fingerprint density at radius 1 is 0.939 bits per heavy atom. The van der Waals surface area contributed by atoms with Crippen molar-refractivity contribution in [2.75, 3.05) is 20.8 Å². The Labute approximate surface area is 185 Å². The fraction of sp³-hybridized carbons (Fsp3) is 0.364. The molecule has 2 aromatic rings. The lowest BCUT2D eigenvalue weighted by atomic mass is 9.94. The summed E-state index contributed by atoms with van der Waals surface area (Å²) in [6.07, 6.45) is -10.1. The first-order valence-electron chi connectivity index (χ1n) is 9.62. The maximum atomic E-state index is 13.3. The Morgan fingerprint density at radius 3 is 2.12 bits per heavy atom. The van der Waals surface area contributed by atoms with E-state index < -0.39 is 36.3 Å². The van der Waals surface area contributed by atoms with Gasteiger partial charge in [-0.2, -0.15) is 26.3 Å². The van der Waals surface area contributed by atoms with Gasteiger partial charge in [-0.25, -0.2) is 0 Å². The van der Waals surface area contributed by atoms with Gasteiger partial charge in [0.1, 0.15) is 5.75 Å². The van der Waals surface area contributed by atoms with E-state index in [1.54, 1.807) is 6.07 Å². The van der Waals surface area contributed by atoms with Crippen molar-refractivity contribution in [1.29, 1.82) is 0 Å². The first-order valence-corrected chi connectivity index (χ1v) is 9.62. The van der Waals surface area contributed by atoms with Crippen molar-refractivity contribution in [2.24, 2.45) is 0 Å². The Balaban J connectivity index is 2.67. The number of amides is 1. The number of carbonyl (C=O) groups is 2. The topological polar surface area (TPSA) is 55.8 Å². The van der Waals surface area contributed by atoms with Crippen LogP contribution < -0.4 is 4.74 Å². The number of ether oxygens (including phenoxy) is 2. The first kappa shape index (κ1) is 26.0. The monoisotopic (exact) mass is 477 g/mol. The second-order valence-electron chi connectivity index (χ2n) is 6.97. The van der Waals surface area contributed by atoms with Crippen LogP contribution in [0.15, 0.2) is 36.4 Å². The number of halogens is 6. The highest BCUT2D eigenvalue weighted by atomic mass is 19.4. The van der Waals surface area contributed by atoms with E-state index >= 15 is 0 Å². The number of esters is 1. The van der Waals surface area contributed by atoms with E-state index in [4.69, 9.17) is 4.74 Å². The van der Waals surface area contributed by atoms with Gasteiger partial charge in [0.05, 0.1) is 26.2 Å². The van der Waals surface area contributed by atoms with Crippen molar-refractivity contribution in [3.63, 3.8) is 0 Å².